The van der Waals surface area contributed by atoms with Crippen molar-refractivity contribution in [2.24, 2.45) is 5.14 Å². The van der Waals surface area contributed by atoms with E-state index in [-0.39, 0.29) is 4.90 Å². The summed E-state index contributed by atoms with van der Waals surface area (Å²) in [6.45, 7) is 1.32. The first-order chi connectivity index (χ1) is 12.4. The molecular weight excluding hydrogens is 358 g/mol. The molecule has 0 atom stereocenters. The highest BCUT2D eigenvalue weighted by Crippen LogP contribution is 2.13. The van der Waals surface area contributed by atoms with Crippen molar-refractivity contribution in [1.29, 1.82) is 0 Å². The van der Waals surface area contributed by atoms with Gasteiger partial charge < -0.3 is 20.1 Å². The predicted octanol–water partition coefficient (Wildman–Crippen LogP) is 1.68. The van der Waals surface area contributed by atoms with E-state index in [1.165, 1.54) is 24.3 Å². The van der Waals surface area contributed by atoms with Gasteiger partial charge in [0.15, 0.2) is 0 Å². The van der Waals surface area contributed by atoms with Crippen molar-refractivity contribution in [1.82, 2.24) is 5.32 Å². The Morgan fingerprint density at radius 2 is 1.69 bits per heavy atom. The third-order valence-corrected chi connectivity index (χ3v) is 4.30. The standard InChI is InChI=1S/C17H21N3O5S/c1-24-10-11-25-15-6-2-13(3-7-15)12-19-17(21)20-14-4-8-16(9-5-14)26(18,22)23/h2-9H,10-12H2,1H3,(H2,18,22,23)(H2,19,20,21). The molecule has 4 N–H and O–H groups in total. The first-order valence-corrected chi connectivity index (χ1v) is 9.31. The van der Waals surface area contributed by atoms with Crippen molar-refractivity contribution in [3.05, 3.63) is 54.1 Å². The zero-order valence-corrected chi connectivity index (χ0v) is 15.1. The number of methoxy groups -OCH3 is 1. The fraction of sp³-hybridized carbons (Fsp3) is 0.235. The number of primary sulfonamides is 1. The lowest BCUT2D eigenvalue weighted by atomic mass is 10.2. The molecule has 0 aromatic heterocycles. The normalized spacial score (nSPS) is 11.0. The molecule has 0 radical (unpaired) electrons. The van der Waals surface area contributed by atoms with Gasteiger partial charge in [-0.1, -0.05) is 12.1 Å². The quantitative estimate of drug-likeness (QED) is 0.603. The maximum absolute atomic E-state index is 11.9. The Hall–Kier alpha value is -2.62. The summed E-state index contributed by atoms with van der Waals surface area (Å²) in [5.41, 5.74) is 1.36. The zero-order valence-electron chi connectivity index (χ0n) is 14.3. The van der Waals surface area contributed by atoms with Crippen LogP contribution in [0.1, 0.15) is 5.56 Å². The largest absolute Gasteiger partial charge is 0.491 e. The number of hydrogen-bond donors (Lipinski definition) is 3. The van der Waals surface area contributed by atoms with Gasteiger partial charge in [-0.05, 0) is 42.0 Å². The number of rotatable bonds is 8. The number of anilines is 1. The molecule has 0 saturated carbocycles. The average Bonchev–Trinajstić information content (AvgIpc) is 2.61. The first-order valence-electron chi connectivity index (χ1n) is 7.77. The molecule has 0 spiro atoms. The number of carbonyl (C=O) groups excluding carboxylic acids is 1. The molecule has 2 aromatic carbocycles. The lowest BCUT2D eigenvalue weighted by Gasteiger charge is -2.09. The molecule has 0 unspecified atom stereocenters. The number of amides is 2. The van der Waals surface area contributed by atoms with Gasteiger partial charge in [0.2, 0.25) is 10.0 Å². The Morgan fingerprint density at radius 1 is 1.04 bits per heavy atom. The second-order valence-electron chi connectivity index (χ2n) is 5.36. The number of sulfonamides is 1. The van der Waals surface area contributed by atoms with E-state index in [9.17, 15) is 13.2 Å². The molecule has 140 valence electrons. The second-order valence-corrected chi connectivity index (χ2v) is 6.92. The van der Waals surface area contributed by atoms with Crippen LogP contribution in [0.4, 0.5) is 10.5 Å². The smallest absolute Gasteiger partial charge is 0.319 e. The van der Waals surface area contributed by atoms with E-state index in [2.05, 4.69) is 10.6 Å². The minimum absolute atomic E-state index is 0.0173. The van der Waals surface area contributed by atoms with Crippen LogP contribution in [0.5, 0.6) is 5.75 Å². The van der Waals surface area contributed by atoms with Gasteiger partial charge in [-0.15, -0.1) is 0 Å². The Labute approximate surface area is 152 Å². The van der Waals surface area contributed by atoms with Crippen molar-refractivity contribution in [3.8, 4) is 5.75 Å². The Morgan fingerprint density at radius 3 is 2.27 bits per heavy atom. The van der Waals surface area contributed by atoms with Crippen LogP contribution in [-0.2, 0) is 21.3 Å². The van der Waals surface area contributed by atoms with Crippen molar-refractivity contribution in [2.75, 3.05) is 25.6 Å². The molecule has 9 heteroatoms. The molecule has 0 aliphatic heterocycles. The minimum atomic E-state index is -3.75. The van der Waals surface area contributed by atoms with Crippen LogP contribution in [-0.4, -0.2) is 34.8 Å². The van der Waals surface area contributed by atoms with Crippen molar-refractivity contribution < 1.29 is 22.7 Å². The van der Waals surface area contributed by atoms with Gasteiger partial charge in [0.1, 0.15) is 12.4 Å². The van der Waals surface area contributed by atoms with Crippen molar-refractivity contribution >= 4 is 21.7 Å². The highest BCUT2D eigenvalue weighted by molar-refractivity contribution is 7.89. The summed E-state index contributed by atoms with van der Waals surface area (Å²) in [6, 6.07) is 12.5. The molecule has 0 saturated heterocycles. The predicted molar refractivity (Wildman–Crippen MR) is 97.5 cm³/mol. The van der Waals surface area contributed by atoms with Crippen molar-refractivity contribution in [3.63, 3.8) is 0 Å². The van der Waals surface area contributed by atoms with Crippen molar-refractivity contribution in [2.45, 2.75) is 11.4 Å². The van der Waals surface area contributed by atoms with Gasteiger partial charge >= 0.3 is 6.03 Å². The van der Waals surface area contributed by atoms with Gasteiger partial charge in [-0.3, -0.25) is 0 Å². The maximum atomic E-state index is 11.9. The lowest BCUT2D eigenvalue weighted by Crippen LogP contribution is -2.28. The summed E-state index contributed by atoms with van der Waals surface area (Å²) in [6.07, 6.45) is 0. The average molecular weight is 379 g/mol. The fourth-order valence-electron chi connectivity index (χ4n) is 2.03. The molecule has 2 aromatic rings. The van der Waals surface area contributed by atoms with E-state index in [0.717, 1.165) is 11.3 Å². The van der Waals surface area contributed by atoms with Crippen LogP contribution in [0.2, 0.25) is 0 Å². The highest BCUT2D eigenvalue weighted by Gasteiger charge is 2.08. The molecule has 26 heavy (non-hydrogen) atoms. The van der Waals surface area contributed by atoms with Crippen LogP contribution < -0.4 is 20.5 Å². The molecule has 2 amide bonds. The third-order valence-electron chi connectivity index (χ3n) is 3.37. The summed E-state index contributed by atoms with van der Waals surface area (Å²) in [4.78, 5) is 11.9. The Bertz CT molecular complexity index is 820. The van der Waals surface area contributed by atoms with E-state index in [1.807, 2.05) is 24.3 Å². The summed E-state index contributed by atoms with van der Waals surface area (Å²) >= 11 is 0. The van der Waals surface area contributed by atoms with Gasteiger partial charge in [0.25, 0.3) is 0 Å². The number of benzene rings is 2. The summed E-state index contributed by atoms with van der Waals surface area (Å²) in [5, 5.41) is 10.3. The van der Waals surface area contributed by atoms with Gasteiger partial charge in [-0.2, -0.15) is 0 Å². The molecule has 0 bridgehead atoms. The number of nitrogens with two attached hydrogens (primary N) is 1. The lowest BCUT2D eigenvalue weighted by molar-refractivity contribution is 0.146. The van der Waals surface area contributed by atoms with E-state index in [1.54, 1.807) is 7.11 Å². The molecule has 0 aliphatic rings. The highest BCUT2D eigenvalue weighted by atomic mass is 32.2. The first kappa shape index (κ1) is 19.7. The maximum Gasteiger partial charge on any atom is 0.319 e. The van der Waals surface area contributed by atoms with Gasteiger partial charge in [0.05, 0.1) is 11.5 Å². The van der Waals surface area contributed by atoms with Crippen LogP contribution >= 0.6 is 0 Å². The molecule has 2 rings (SSSR count). The number of carbonyl (C=O) groups is 1. The molecule has 0 fully saturated rings. The van der Waals surface area contributed by atoms with Gasteiger partial charge in [-0.25, -0.2) is 18.4 Å². The zero-order chi connectivity index (χ0) is 19.0. The number of urea groups is 1. The SMILES string of the molecule is COCCOc1ccc(CNC(=O)Nc2ccc(S(N)(=O)=O)cc2)cc1. The molecule has 0 aliphatic carbocycles. The van der Waals surface area contributed by atoms with Crippen LogP contribution in [0, 0.1) is 0 Å². The molecular formula is C17H21N3O5S. The van der Waals surface area contributed by atoms with E-state index in [4.69, 9.17) is 14.6 Å². The number of hydrogen-bond acceptors (Lipinski definition) is 5. The molecule has 0 heterocycles. The van der Waals surface area contributed by atoms with E-state index < -0.39 is 16.1 Å². The minimum Gasteiger partial charge on any atom is -0.491 e. The number of ether oxygens (including phenoxy) is 2. The van der Waals surface area contributed by atoms with Crippen LogP contribution in [0.15, 0.2) is 53.4 Å². The second kappa shape index (κ2) is 9.18. The third kappa shape index (κ3) is 6.36. The molecule has 8 nitrogen and oxygen atoms in total. The van der Waals surface area contributed by atoms with Gasteiger partial charge in [0, 0.05) is 19.3 Å². The van der Waals surface area contributed by atoms with E-state index in [0.29, 0.717) is 25.4 Å². The van der Waals surface area contributed by atoms with E-state index >= 15 is 0 Å². The fourth-order valence-corrected chi connectivity index (χ4v) is 2.55. The summed E-state index contributed by atoms with van der Waals surface area (Å²) in [7, 11) is -2.14. The van der Waals surface area contributed by atoms with Crippen LogP contribution in [0.3, 0.4) is 0 Å². The summed E-state index contributed by atoms with van der Waals surface area (Å²) in [5.74, 6) is 0.727. The summed E-state index contributed by atoms with van der Waals surface area (Å²) < 4.78 is 32.7. The number of nitrogens with one attached hydrogen (secondary N) is 2. The topological polar surface area (TPSA) is 120 Å². The monoisotopic (exact) mass is 379 g/mol. The van der Waals surface area contributed by atoms with Crippen LogP contribution in [0.25, 0.3) is 0 Å². The Kier molecular flexibility index (Phi) is 6.96. The Balaban J connectivity index is 1.81.